The number of phenolic OH excluding ortho intramolecular Hbond substituents is 1. The van der Waals surface area contributed by atoms with Crippen molar-refractivity contribution in [2.75, 3.05) is 7.11 Å². The smallest absolute Gasteiger partial charge is 0.148 e. The lowest BCUT2D eigenvalue weighted by atomic mass is 9.73. The van der Waals surface area contributed by atoms with Gasteiger partial charge in [0.2, 0.25) is 0 Å². The van der Waals surface area contributed by atoms with Gasteiger partial charge in [-0.1, -0.05) is 36.6 Å². The molecule has 1 radical (unpaired) electrons. The van der Waals surface area contributed by atoms with Crippen LogP contribution in [0.1, 0.15) is 5.56 Å². The predicted octanol–water partition coefficient (Wildman–Crippen LogP) is 3.91. The van der Waals surface area contributed by atoms with Gasteiger partial charge in [0.1, 0.15) is 18.8 Å². The highest BCUT2D eigenvalue weighted by molar-refractivity contribution is 6.51. The molecule has 0 saturated heterocycles. The molecule has 0 aliphatic rings. The largest absolute Gasteiger partial charge is 0.508 e. The molecule has 0 atom stereocenters. The Balaban J connectivity index is 2.26. The minimum atomic E-state index is 0.276. The Labute approximate surface area is 131 Å². The summed E-state index contributed by atoms with van der Waals surface area (Å²) in [5.41, 5.74) is 4.33. The van der Waals surface area contributed by atoms with Gasteiger partial charge >= 0.3 is 0 Å². The first-order valence-electron chi connectivity index (χ1n) is 7.33. The Morgan fingerprint density at radius 1 is 1.00 bits per heavy atom. The molecular formula is C19H18BO2. The van der Waals surface area contributed by atoms with Crippen molar-refractivity contribution < 1.29 is 9.84 Å². The highest BCUT2D eigenvalue weighted by Crippen LogP contribution is 2.36. The first-order valence-corrected chi connectivity index (χ1v) is 7.33. The standard InChI is InChI=1S/C19H18BO2/c1-12-8-14-9-16(21)10-17(18(14)11-19(12)22-3)13-4-6-15(20-2)7-5-13/h4-11,21H,1-3H3. The topological polar surface area (TPSA) is 29.5 Å². The molecule has 3 aromatic carbocycles. The fourth-order valence-electron chi connectivity index (χ4n) is 2.80. The van der Waals surface area contributed by atoms with E-state index < -0.39 is 0 Å². The van der Waals surface area contributed by atoms with Crippen molar-refractivity contribution in [3.8, 4) is 22.6 Å². The van der Waals surface area contributed by atoms with Crippen LogP contribution in [0.2, 0.25) is 6.82 Å². The van der Waals surface area contributed by atoms with Gasteiger partial charge in [0, 0.05) is 0 Å². The van der Waals surface area contributed by atoms with Crippen molar-refractivity contribution in [2.24, 2.45) is 0 Å². The van der Waals surface area contributed by atoms with Crippen LogP contribution in [0.3, 0.4) is 0 Å². The van der Waals surface area contributed by atoms with E-state index in [1.54, 1.807) is 13.2 Å². The van der Waals surface area contributed by atoms with Crippen LogP contribution in [0.25, 0.3) is 21.9 Å². The van der Waals surface area contributed by atoms with Crippen molar-refractivity contribution in [2.45, 2.75) is 13.7 Å². The lowest BCUT2D eigenvalue weighted by Gasteiger charge is -2.12. The number of ether oxygens (including phenoxy) is 1. The third-order valence-electron chi connectivity index (χ3n) is 4.01. The van der Waals surface area contributed by atoms with E-state index >= 15 is 0 Å². The normalized spacial score (nSPS) is 10.7. The summed E-state index contributed by atoms with van der Waals surface area (Å²) in [6.45, 7) is 4.03. The van der Waals surface area contributed by atoms with E-state index in [0.717, 1.165) is 33.2 Å². The Kier molecular flexibility index (Phi) is 3.80. The SMILES string of the molecule is C[B]c1ccc(-c2cc(O)cc3cc(C)c(OC)cc23)cc1. The van der Waals surface area contributed by atoms with Crippen molar-refractivity contribution in [3.63, 3.8) is 0 Å². The quantitative estimate of drug-likeness (QED) is 0.741. The summed E-state index contributed by atoms with van der Waals surface area (Å²) in [4.78, 5) is 0. The Hall–Kier alpha value is -2.42. The molecule has 0 saturated carbocycles. The van der Waals surface area contributed by atoms with Gasteiger partial charge in [-0.25, -0.2) is 0 Å². The van der Waals surface area contributed by atoms with E-state index in [2.05, 4.69) is 31.5 Å². The van der Waals surface area contributed by atoms with Gasteiger partial charge in [-0.2, -0.15) is 0 Å². The maximum Gasteiger partial charge on any atom is 0.148 e. The Morgan fingerprint density at radius 3 is 2.36 bits per heavy atom. The number of aromatic hydroxyl groups is 1. The average Bonchev–Trinajstić information content (AvgIpc) is 2.53. The van der Waals surface area contributed by atoms with Crippen LogP contribution in [-0.2, 0) is 0 Å². The molecule has 1 N–H and O–H groups in total. The summed E-state index contributed by atoms with van der Waals surface area (Å²) < 4.78 is 5.44. The molecule has 109 valence electrons. The zero-order valence-electron chi connectivity index (χ0n) is 13.1. The van der Waals surface area contributed by atoms with E-state index in [0.29, 0.717) is 0 Å². The highest BCUT2D eigenvalue weighted by Gasteiger charge is 2.10. The molecule has 0 spiro atoms. The number of fused-ring (bicyclic) bond motifs is 1. The van der Waals surface area contributed by atoms with Crippen molar-refractivity contribution in [1.82, 2.24) is 0 Å². The van der Waals surface area contributed by atoms with Crippen molar-refractivity contribution >= 4 is 23.5 Å². The molecule has 2 nitrogen and oxygen atoms in total. The van der Waals surface area contributed by atoms with Crippen LogP contribution in [-0.4, -0.2) is 19.5 Å². The molecule has 3 rings (SSSR count). The van der Waals surface area contributed by atoms with Gasteiger partial charge in [-0.05, 0) is 58.7 Å². The van der Waals surface area contributed by atoms with Crippen molar-refractivity contribution in [3.05, 3.63) is 54.1 Å². The molecule has 0 aliphatic heterocycles. The minimum absolute atomic E-state index is 0.276. The Bertz CT molecular complexity index is 823. The van der Waals surface area contributed by atoms with Crippen LogP contribution < -0.4 is 10.2 Å². The first kappa shape index (κ1) is 14.5. The number of hydrogen-bond donors (Lipinski definition) is 1. The summed E-state index contributed by atoms with van der Waals surface area (Å²) in [5.74, 6) is 1.14. The van der Waals surface area contributed by atoms with Gasteiger partial charge in [0.05, 0.1) is 7.11 Å². The van der Waals surface area contributed by atoms with Gasteiger partial charge < -0.3 is 9.84 Å². The second-order valence-electron chi connectivity index (χ2n) is 5.45. The van der Waals surface area contributed by atoms with Gasteiger partial charge in [-0.3, -0.25) is 0 Å². The van der Waals surface area contributed by atoms with Crippen LogP contribution >= 0.6 is 0 Å². The van der Waals surface area contributed by atoms with E-state index in [9.17, 15) is 5.11 Å². The fourth-order valence-corrected chi connectivity index (χ4v) is 2.80. The number of aryl methyl sites for hydroxylation is 1. The molecule has 0 bridgehead atoms. The van der Waals surface area contributed by atoms with Crippen molar-refractivity contribution in [1.29, 1.82) is 0 Å². The molecular weight excluding hydrogens is 271 g/mol. The second-order valence-corrected chi connectivity index (χ2v) is 5.45. The summed E-state index contributed by atoms with van der Waals surface area (Å²) in [5, 5.41) is 12.1. The maximum atomic E-state index is 10.1. The lowest BCUT2D eigenvalue weighted by molar-refractivity contribution is 0.412. The van der Waals surface area contributed by atoms with E-state index in [-0.39, 0.29) is 5.75 Å². The molecule has 0 fully saturated rings. The van der Waals surface area contributed by atoms with Gasteiger partial charge in [0.15, 0.2) is 0 Å². The lowest BCUT2D eigenvalue weighted by Crippen LogP contribution is -2.08. The molecule has 3 heteroatoms. The zero-order valence-corrected chi connectivity index (χ0v) is 13.1. The zero-order chi connectivity index (χ0) is 15.7. The van der Waals surface area contributed by atoms with E-state index in [1.165, 1.54) is 5.46 Å². The number of benzene rings is 3. The summed E-state index contributed by atoms with van der Waals surface area (Å²) in [6.07, 6.45) is 0. The summed E-state index contributed by atoms with van der Waals surface area (Å²) in [7, 11) is 3.75. The van der Waals surface area contributed by atoms with E-state index in [1.807, 2.05) is 31.9 Å². The summed E-state index contributed by atoms with van der Waals surface area (Å²) >= 11 is 0. The molecule has 22 heavy (non-hydrogen) atoms. The molecule has 0 aliphatic carbocycles. The molecule has 0 heterocycles. The fraction of sp³-hybridized carbons (Fsp3) is 0.158. The van der Waals surface area contributed by atoms with Crippen LogP contribution in [0.5, 0.6) is 11.5 Å². The number of hydrogen-bond acceptors (Lipinski definition) is 2. The molecule has 0 unspecified atom stereocenters. The van der Waals surface area contributed by atoms with Gasteiger partial charge in [-0.15, -0.1) is 0 Å². The third-order valence-corrected chi connectivity index (χ3v) is 4.01. The first-order chi connectivity index (χ1) is 10.6. The van der Waals surface area contributed by atoms with Crippen LogP contribution in [0, 0.1) is 6.92 Å². The maximum absolute atomic E-state index is 10.1. The second kappa shape index (κ2) is 5.76. The third kappa shape index (κ3) is 2.55. The molecule has 0 amide bonds. The number of phenols is 1. The highest BCUT2D eigenvalue weighted by atomic mass is 16.5. The monoisotopic (exact) mass is 289 g/mol. The molecule has 3 aromatic rings. The summed E-state index contributed by atoms with van der Waals surface area (Å²) in [6, 6.07) is 16.0. The Morgan fingerprint density at radius 2 is 1.73 bits per heavy atom. The van der Waals surface area contributed by atoms with Crippen LogP contribution in [0.15, 0.2) is 48.5 Å². The minimum Gasteiger partial charge on any atom is -0.508 e. The van der Waals surface area contributed by atoms with Crippen LogP contribution in [0.4, 0.5) is 0 Å². The predicted molar refractivity (Wildman–Crippen MR) is 93.6 cm³/mol. The van der Waals surface area contributed by atoms with Gasteiger partial charge in [0.25, 0.3) is 0 Å². The number of methoxy groups -OCH3 is 1. The number of rotatable bonds is 3. The molecule has 0 aromatic heterocycles. The average molecular weight is 289 g/mol. The van der Waals surface area contributed by atoms with E-state index in [4.69, 9.17) is 4.74 Å².